The molecule has 0 bridgehead atoms. The van der Waals surface area contributed by atoms with Gasteiger partial charge < -0.3 is 15.6 Å². The Bertz CT molecular complexity index is 528. The van der Waals surface area contributed by atoms with Crippen LogP contribution in [0.15, 0.2) is 16.7 Å². The maximum atomic E-state index is 12.1. The van der Waals surface area contributed by atoms with E-state index in [2.05, 4.69) is 10.5 Å². The van der Waals surface area contributed by atoms with Crippen LogP contribution in [0.25, 0.3) is 0 Å². The smallest absolute Gasteiger partial charge is 0.224 e. The van der Waals surface area contributed by atoms with Crippen molar-refractivity contribution in [1.82, 2.24) is 10.5 Å². The number of aromatic nitrogens is 1. The summed E-state index contributed by atoms with van der Waals surface area (Å²) in [5, 5.41) is 6.70. The predicted octanol–water partition coefficient (Wildman–Crippen LogP) is 0.770. The fraction of sp³-hybridized carbons (Fsp3) is 0.500. The minimum Gasteiger partial charge on any atom is -0.369 e. The summed E-state index contributed by atoms with van der Waals surface area (Å²) in [6, 6.07) is -0.231. The molecule has 1 aliphatic carbocycles. The lowest BCUT2D eigenvalue weighted by Gasteiger charge is -2.26. The summed E-state index contributed by atoms with van der Waals surface area (Å²) in [6.45, 7) is 3.58. The number of nitrogens with zero attached hydrogens (tertiary/aromatic N) is 1. The summed E-state index contributed by atoms with van der Waals surface area (Å²) in [7, 11) is 0. The van der Waals surface area contributed by atoms with Gasteiger partial charge in [-0.15, -0.1) is 0 Å². The zero-order valence-electron chi connectivity index (χ0n) is 11.7. The highest BCUT2D eigenvalue weighted by atomic mass is 16.5. The van der Waals surface area contributed by atoms with Crippen LogP contribution in [0.5, 0.6) is 0 Å². The summed E-state index contributed by atoms with van der Waals surface area (Å²) in [4.78, 5) is 23.5. The van der Waals surface area contributed by atoms with E-state index in [0.717, 1.165) is 5.56 Å². The first kappa shape index (κ1) is 14.3. The van der Waals surface area contributed by atoms with Crippen LogP contribution in [0, 0.1) is 19.8 Å². The number of rotatable bonds is 4. The van der Waals surface area contributed by atoms with Gasteiger partial charge in [-0.3, -0.25) is 9.59 Å². The molecule has 0 saturated heterocycles. The molecule has 20 heavy (non-hydrogen) atoms. The van der Waals surface area contributed by atoms with Crippen molar-refractivity contribution >= 4 is 11.8 Å². The number of hydrogen-bond donors (Lipinski definition) is 2. The Morgan fingerprint density at radius 1 is 1.40 bits per heavy atom. The van der Waals surface area contributed by atoms with Gasteiger partial charge in [0.15, 0.2) is 0 Å². The zero-order chi connectivity index (χ0) is 14.7. The summed E-state index contributed by atoms with van der Waals surface area (Å²) < 4.78 is 5.03. The number of nitrogens with two attached hydrogens (primary N) is 1. The van der Waals surface area contributed by atoms with Crippen LogP contribution in [0.4, 0.5) is 0 Å². The van der Waals surface area contributed by atoms with E-state index in [-0.39, 0.29) is 30.2 Å². The number of amides is 2. The van der Waals surface area contributed by atoms with E-state index in [4.69, 9.17) is 10.3 Å². The van der Waals surface area contributed by atoms with Gasteiger partial charge in [-0.1, -0.05) is 17.3 Å². The summed E-state index contributed by atoms with van der Waals surface area (Å²) in [5.41, 5.74) is 6.88. The number of carbonyl (C=O) groups is 2. The first-order valence-electron chi connectivity index (χ1n) is 6.64. The van der Waals surface area contributed by atoms with Gasteiger partial charge in [-0.05, 0) is 26.7 Å². The lowest BCUT2D eigenvalue weighted by atomic mass is 9.88. The van der Waals surface area contributed by atoms with E-state index in [9.17, 15) is 9.59 Å². The molecule has 1 aliphatic rings. The van der Waals surface area contributed by atoms with Crippen molar-refractivity contribution in [3.8, 4) is 0 Å². The molecule has 1 heterocycles. The molecule has 1 aromatic heterocycles. The maximum Gasteiger partial charge on any atom is 0.224 e. The number of allylic oxidation sites excluding steroid dienone is 1. The van der Waals surface area contributed by atoms with Crippen molar-refractivity contribution < 1.29 is 14.1 Å². The molecule has 6 heteroatoms. The molecule has 0 unspecified atom stereocenters. The lowest BCUT2D eigenvalue weighted by Crippen LogP contribution is -2.46. The third kappa shape index (κ3) is 3.07. The topological polar surface area (TPSA) is 98.2 Å². The summed E-state index contributed by atoms with van der Waals surface area (Å²) in [6.07, 6.45) is 5.28. The fourth-order valence-electron chi connectivity index (χ4n) is 2.46. The van der Waals surface area contributed by atoms with Gasteiger partial charge in [0.2, 0.25) is 11.8 Å². The number of aryl methyl sites for hydroxylation is 2. The van der Waals surface area contributed by atoms with Crippen LogP contribution in [0.1, 0.15) is 29.9 Å². The van der Waals surface area contributed by atoms with Crippen LogP contribution in [-0.4, -0.2) is 23.0 Å². The first-order chi connectivity index (χ1) is 9.49. The Labute approximate surface area is 117 Å². The molecule has 108 valence electrons. The predicted molar refractivity (Wildman–Crippen MR) is 72.7 cm³/mol. The van der Waals surface area contributed by atoms with E-state index in [1.165, 1.54) is 0 Å². The van der Waals surface area contributed by atoms with Gasteiger partial charge in [-0.2, -0.15) is 0 Å². The van der Waals surface area contributed by atoms with Gasteiger partial charge in [0.25, 0.3) is 0 Å². The third-order valence-electron chi connectivity index (χ3n) is 3.66. The minimum atomic E-state index is -0.378. The second kappa shape index (κ2) is 5.90. The lowest BCUT2D eigenvalue weighted by molar-refractivity contribution is -0.124. The van der Waals surface area contributed by atoms with Gasteiger partial charge >= 0.3 is 0 Å². The fourth-order valence-corrected chi connectivity index (χ4v) is 2.46. The Balaban J connectivity index is 2.00. The average Bonchev–Trinajstić information content (AvgIpc) is 2.71. The Morgan fingerprint density at radius 3 is 2.70 bits per heavy atom. The number of hydrogen-bond acceptors (Lipinski definition) is 4. The summed E-state index contributed by atoms with van der Waals surface area (Å²) in [5.74, 6) is -0.218. The van der Waals surface area contributed by atoms with Crippen molar-refractivity contribution in [3.05, 3.63) is 29.2 Å². The SMILES string of the molecule is Cc1noc(C)c1CC(=O)N[C@@H]1CC=CC[C@H]1C(N)=O. The number of carbonyl (C=O) groups excluding carboxylic acids is 2. The highest BCUT2D eigenvalue weighted by Crippen LogP contribution is 2.19. The number of primary amides is 1. The van der Waals surface area contributed by atoms with Gasteiger partial charge in [0.05, 0.1) is 18.0 Å². The molecule has 0 saturated carbocycles. The summed E-state index contributed by atoms with van der Waals surface area (Å²) >= 11 is 0. The minimum absolute atomic E-state index is 0.147. The highest BCUT2D eigenvalue weighted by Gasteiger charge is 2.28. The number of nitrogens with one attached hydrogen (secondary N) is 1. The Kier molecular flexibility index (Phi) is 4.22. The second-order valence-corrected chi connectivity index (χ2v) is 5.11. The van der Waals surface area contributed by atoms with Gasteiger partial charge in [0, 0.05) is 11.6 Å². The molecular weight excluding hydrogens is 258 g/mol. The van der Waals surface area contributed by atoms with Crippen molar-refractivity contribution in [3.63, 3.8) is 0 Å². The standard InChI is InChI=1S/C14H19N3O3/c1-8-11(9(2)20-17-8)7-13(18)16-12-6-4-3-5-10(12)14(15)19/h3-4,10,12H,5-7H2,1-2H3,(H2,15,19)(H,16,18)/t10-,12-/m1/s1. The van der Waals surface area contributed by atoms with Gasteiger partial charge in [0.1, 0.15) is 5.76 Å². The van der Waals surface area contributed by atoms with Crippen LogP contribution in [0.3, 0.4) is 0 Å². The Morgan fingerprint density at radius 2 is 2.10 bits per heavy atom. The average molecular weight is 277 g/mol. The molecule has 2 amide bonds. The maximum absolute atomic E-state index is 12.1. The second-order valence-electron chi connectivity index (χ2n) is 5.11. The molecule has 0 fully saturated rings. The van der Waals surface area contributed by atoms with E-state index < -0.39 is 0 Å². The van der Waals surface area contributed by atoms with Crippen molar-refractivity contribution in [1.29, 1.82) is 0 Å². The van der Waals surface area contributed by atoms with Gasteiger partial charge in [-0.25, -0.2) is 0 Å². The quantitative estimate of drug-likeness (QED) is 0.794. The molecule has 2 atom stereocenters. The Hall–Kier alpha value is -2.11. The normalized spacial score (nSPS) is 21.7. The van der Waals surface area contributed by atoms with Crippen LogP contribution < -0.4 is 11.1 Å². The largest absolute Gasteiger partial charge is 0.369 e. The molecule has 2 rings (SSSR count). The molecule has 0 aromatic carbocycles. The van der Waals surface area contributed by atoms with Crippen molar-refractivity contribution in [2.75, 3.05) is 0 Å². The molecule has 0 spiro atoms. The molecule has 0 radical (unpaired) electrons. The molecule has 0 aliphatic heterocycles. The van der Waals surface area contributed by atoms with E-state index in [1.54, 1.807) is 13.8 Å². The van der Waals surface area contributed by atoms with Crippen LogP contribution in [-0.2, 0) is 16.0 Å². The van der Waals surface area contributed by atoms with Crippen molar-refractivity contribution in [2.24, 2.45) is 11.7 Å². The monoisotopic (exact) mass is 277 g/mol. The van der Waals surface area contributed by atoms with Crippen LogP contribution in [0.2, 0.25) is 0 Å². The molecule has 6 nitrogen and oxygen atoms in total. The zero-order valence-corrected chi connectivity index (χ0v) is 11.7. The van der Waals surface area contributed by atoms with Crippen molar-refractivity contribution in [2.45, 2.75) is 39.2 Å². The molecule has 1 aromatic rings. The molecule has 3 N–H and O–H groups in total. The van der Waals surface area contributed by atoms with E-state index in [1.807, 2.05) is 12.2 Å². The first-order valence-corrected chi connectivity index (χ1v) is 6.64. The third-order valence-corrected chi connectivity index (χ3v) is 3.66. The molecular formula is C14H19N3O3. The van der Waals surface area contributed by atoms with E-state index in [0.29, 0.717) is 24.3 Å². The highest BCUT2D eigenvalue weighted by molar-refractivity contribution is 5.82. The van der Waals surface area contributed by atoms with Crippen LogP contribution >= 0.6 is 0 Å². The van der Waals surface area contributed by atoms with E-state index >= 15 is 0 Å².